The van der Waals surface area contributed by atoms with E-state index in [1.165, 1.54) is 5.56 Å². The summed E-state index contributed by atoms with van der Waals surface area (Å²) in [5.41, 5.74) is 15.9. The Balaban J connectivity index is 1.39. The summed E-state index contributed by atoms with van der Waals surface area (Å²) in [4.78, 5) is 14.8. The van der Waals surface area contributed by atoms with E-state index in [1.54, 1.807) is 0 Å². The maximum atomic E-state index is 6.78. The molecule has 7 rings (SSSR count). The van der Waals surface area contributed by atoms with Gasteiger partial charge in [0, 0.05) is 22.4 Å². The van der Waals surface area contributed by atoms with Gasteiger partial charge in [-0.15, -0.1) is 0 Å². The number of hydrogen-bond donors (Lipinski definition) is 1. The van der Waals surface area contributed by atoms with Gasteiger partial charge in [0.1, 0.15) is 0 Å². The Morgan fingerprint density at radius 1 is 0.364 bits per heavy atom. The van der Waals surface area contributed by atoms with Crippen molar-refractivity contribution in [3.05, 3.63) is 164 Å². The fourth-order valence-electron chi connectivity index (χ4n) is 5.63. The molecule has 4 nitrogen and oxygen atoms in total. The molecule has 0 unspecified atom stereocenters. The van der Waals surface area contributed by atoms with Gasteiger partial charge in [0.05, 0.1) is 0 Å². The van der Waals surface area contributed by atoms with Crippen LogP contribution in [0.15, 0.2) is 164 Å². The van der Waals surface area contributed by atoms with Crippen molar-refractivity contribution < 1.29 is 0 Å². The summed E-state index contributed by atoms with van der Waals surface area (Å²) in [7, 11) is 0. The number of nitrogens with zero attached hydrogens (tertiary/aromatic N) is 3. The summed E-state index contributed by atoms with van der Waals surface area (Å²) < 4.78 is 0. The quantitative estimate of drug-likeness (QED) is 0.174. The third-order valence-corrected chi connectivity index (χ3v) is 7.82. The second-order valence-corrected chi connectivity index (χ2v) is 10.7. The first-order valence-corrected chi connectivity index (χ1v) is 14.7. The average Bonchev–Trinajstić information content (AvgIpc) is 3.11. The van der Waals surface area contributed by atoms with E-state index in [0.717, 1.165) is 38.6 Å². The minimum Gasteiger partial charge on any atom is -0.399 e. The van der Waals surface area contributed by atoms with Crippen molar-refractivity contribution in [1.82, 2.24) is 15.0 Å². The normalized spacial score (nSPS) is 10.8. The Kier molecular flexibility index (Phi) is 7.50. The molecular formula is C39H29BN4. The lowest BCUT2D eigenvalue weighted by atomic mass is 9.36. The van der Waals surface area contributed by atoms with Crippen LogP contribution in [0.4, 0.5) is 5.69 Å². The maximum Gasteiger partial charge on any atom is 0.243 e. The topological polar surface area (TPSA) is 64.7 Å². The first kappa shape index (κ1) is 27.1. The molecule has 1 aromatic heterocycles. The predicted octanol–water partition coefficient (Wildman–Crippen LogP) is 6.64. The van der Waals surface area contributed by atoms with Crippen molar-refractivity contribution in [2.45, 2.75) is 0 Å². The molecule has 208 valence electrons. The Bertz CT molecular complexity index is 1960. The fraction of sp³-hybridized carbons (Fsp3) is 0. The molecule has 7 aromatic rings. The molecule has 0 saturated heterocycles. The molecule has 0 spiro atoms. The van der Waals surface area contributed by atoms with Crippen molar-refractivity contribution in [3.63, 3.8) is 0 Å². The van der Waals surface area contributed by atoms with E-state index in [2.05, 4.69) is 78.9 Å². The second kappa shape index (κ2) is 12.2. The van der Waals surface area contributed by atoms with Gasteiger partial charge in [0.25, 0.3) is 0 Å². The zero-order chi connectivity index (χ0) is 29.7. The molecule has 5 heteroatoms. The van der Waals surface area contributed by atoms with Crippen molar-refractivity contribution in [2.75, 3.05) is 5.73 Å². The first-order chi connectivity index (χ1) is 21.7. The van der Waals surface area contributed by atoms with Gasteiger partial charge < -0.3 is 5.73 Å². The van der Waals surface area contributed by atoms with E-state index < -0.39 is 0 Å². The number of nitrogens with two attached hydrogens (primary N) is 1. The van der Waals surface area contributed by atoms with Crippen molar-refractivity contribution in [3.8, 4) is 45.3 Å². The zero-order valence-electron chi connectivity index (χ0n) is 24.1. The van der Waals surface area contributed by atoms with Crippen molar-refractivity contribution in [2.24, 2.45) is 0 Å². The first-order valence-electron chi connectivity index (χ1n) is 14.7. The van der Waals surface area contributed by atoms with Crippen LogP contribution in [0.2, 0.25) is 0 Å². The van der Waals surface area contributed by atoms with Crippen LogP contribution in [0, 0.1) is 0 Å². The Labute approximate surface area is 258 Å². The fourth-order valence-corrected chi connectivity index (χ4v) is 5.63. The van der Waals surface area contributed by atoms with Crippen LogP contribution in [0.3, 0.4) is 0 Å². The lowest BCUT2D eigenvalue weighted by Gasteiger charge is -2.19. The lowest BCUT2D eigenvalue weighted by molar-refractivity contribution is 1.07. The number of benzene rings is 6. The van der Waals surface area contributed by atoms with Gasteiger partial charge in [0.2, 0.25) is 6.71 Å². The van der Waals surface area contributed by atoms with Crippen LogP contribution >= 0.6 is 0 Å². The van der Waals surface area contributed by atoms with E-state index in [4.69, 9.17) is 20.7 Å². The molecule has 0 aliphatic heterocycles. The second-order valence-electron chi connectivity index (χ2n) is 10.7. The Morgan fingerprint density at radius 3 is 1.39 bits per heavy atom. The molecule has 1 heterocycles. The van der Waals surface area contributed by atoms with Crippen LogP contribution in [0.1, 0.15) is 0 Å². The van der Waals surface area contributed by atoms with E-state index in [1.807, 2.05) is 84.9 Å². The highest BCUT2D eigenvalue weighted by molar-refractivity contribution is 6.96. The highest BCUT2D eigenvalue weighted by Gasteiger charge is 2.25. The molecule has 0 atom stereocenters. The number of nitrogen functional groups attached to an aromatic ring is 1. The van der Waals surface area contributed by atoms with E-state index >= 15 is 0 Å². The zero-order valence-corrected chi connectivity index (χ0v) is 24.1. The number of hydrogen-bond acceptors (Lipinski definition) is 4. The minimum absolute atomic E-state index is 0.0937. The van der Waals surface area contributed by atoms with Crippen LogP contribution in [-0.4, -0.2) is 21.7 Å². The lowest BCUT2D eigenvalue weighted by Crippen LogP contribution is -2.52. The Morgan fingerprint density at radius 2 is 0.818 bits per heavy atom. The molecule has 0 fully saturated rings. The minimum atomic E-state index is -0.0937. The summed E-state index contributed by atoms with van der Waals surface area (Å²) in [6.45, 7) is -0.0937. The highest BCUT2D eigenvalue weighted by Crippen LogP contribution is 2.25. The monoisotopic (exact) mass is 564 g/mol. The average molecular weight is 565 g/mol. The summed E-state index contributed by atoms with van der Waals surface area (Å²) in [6.07, 6.45) is 0. The standard InChI is InChI=1S/C39H29BN4/c41-36-25-24-32(39-43-37(29-16-7-2-8-17-29)42-38(44-39)30-18-9-3-10-19-30)27-35(36)40(33-21-11-4-12-22-33)34-23-13-20-31(26-34)28-14-5-1-6-15-28/h1-27H,41H2. The molecule has 0 aliphatic rings. The maximum absolute atomic E-state index is 6.78. The summed E-state index contributed by atoms with van der Waals surface area (Å²) >= 11 is 0. The molecular weight excluding hydrogens is 535 g/mol. The number of aromatic nitrogens is 3. The van der Waals surface area contributed by atoms with E-state index in [0.29, 0.717) is 23.2 Å². The number of anilines is 1. The SMILES string of the molecule is Nc1ccc(-c2nc(-c3ccccc3)nc(-c3ccccc3)n2)cc1B(c1ccccc1)c1cccc(-c2ccccc2)c1. The van der Waals surface area contributed by atoms with Gasteiger partial charge in [0.15, 0.2) is 17.5 Å². The molecule has 6 aromatic carbocycles. The third-order valence-electron chi connectivity index (χ3n) is 7.82. The van der Waals surface area contributed by atoms with Crippen LogP contribution < -0.4 is 22.1 Å². The smallest absolute Gasteiger partial charge is 0.243 e. The van der Waals surface area contributed by atoms with Gasteiger partial charge in [-0.05, 0) is 28.7 Å². The third kappa shape index (κ3) is 5.64. The summed E-state index contributed by atoms with van der Waals surface area (Å²) in [5.74, 6) is 1.86. The van der Waals surface area contributed by atoms with Gasteiger partial charge in [-0.2, -0.15) is 0 Å². The van der Waals surface area contributed by atoms with Gasteiger partial charge in [-0.25, -0.2) is 15.0 Å². The van der Waals surface area contributed by atoms with Crippen LogP contribution in [-0.2, 0) is 0 Å². The highest BCUT2D eigenvalue weighted by atomic mass is 15.0. The van der Waals surface area contributed by atoms with Gasteiger partial charge in [-0.3, -0.25) is 0 Å². The van der Waals surface area contributed by atoms with Crippen molar-refractivity contribution in [1.29, 1.82) is 0 Å². The molecule has 0 saturated carbocycles. The molecule has 0 radical (unpaired) electrons. The molecule has 0 bridgehead atoms. The summed E-state index contributed by atoms with van der Waals surface area (Å²) in [5, 5.41) is 0. The predicted molar refractivity (Wildman–Crippen MR) is 184 cm³/mol. The number of rotatable bonds is 7. The molecule has 44 heavy (non-hydrogen) atoms. The van der Waals surface area contributed by atoms with E-state index in [9.17, 15) is 0 Å². The molecule has 0 aliphatic carbocycles. The summed E-state index contributed by atoms with van der Waals surface area (Å²) in [6, 6.07) is 55.9. The largest absolute Gasteiger partial charge is 0.399 e. The molecule has 0 amide bonds. The van der Waals surface area contributed by atoms with Crippen molar-refractivity contribution >= 4 is 28.8 Å². The van der Waals surface area contributed by atoms with Crippen LogP contribution in [0.5, 0.6) is 0 Å². The van der Waals surface area contributed by atoms with Crippen LogP contribution in [0.25, 0.3) is 45.3 Å². The molecule has 2 N–H and O–H groups in total. The van der Waals surface area contributed by atoms with Gasteiger partial charge >= 0.3 is 0 Å². The Hall–Kier alpha value is -5.81. The van der Waals surface area contributed by atoms with Gasteiger partial charge in [-0.1, -0.05) is 163 Å². The van der Waals surface area contributed by atoms with E-state index in [-0.39, 0.29) is 6.71 Å².